The quantitative estimate of drug-likeness (QED) is 0.416. The van der Waals surface area contributed by atoms with Crippen LogP contribution in [0.2, 0.25) is 0 Å². The van der Waals surface area contributed by atoms with E-state index in [1.807, 2.05) is 17.2 Å². The number of alkyl carbamates (subject to hydrolysis) is 1. The predicted molar refractivity (Wildman–Crippen MR) is 172 cm³/mol. The van der Waals surface area contributed by atoms with Crippen molar-refractivity contribution < 1.29 is 19.1 Å². The summed E-state index contributed by atoms with van der Waals surface area (Å²) in [4.78, 5) is 47.2. The molecule has 2 saturated heterocycles. The summed E-state index contributed by atoms with van der Waals surface area (Å²) in [6, 6.07) is 10.00. The molecular formula is C33H42N8O4. The molecule has 6 rings (SSSR count). The zero-order valence-corrected chi connectivity index (χ0v) is 26.3. The number of aromatic nitrogens is 3. The van der Waals surface area contributed by atoms with E-state index in [0.29, 0.717) is 31.5 Å². The van der Waals surface area contributed by atoms with Crippen molar-refractivity contribution in [3.8, 4) is 22.5 Å². The summed E-state index contributed by atoms with van der Waals surface area (Å²) in [5, 5.41) is 5.86. The molecule has 0 spiro atoms. The molecule has 238 valence electrons. The number of amides is 2. The number of rotatable bonds is 6. The van der Waals surface area contributed by atoms with E-state index in [-0.39, 0.29) is 18.4 Å². The summed E-state index contributed by atoms with van der Waals surface area (Å²) in [5.41, 5.74) is 5.44. The monoisotopic (exact) mass is 614 g/mol. The molecule has 0 aliphatic carbocycles. The van der Waals surface area contributed by atoms with Crippen LogP contribution in [0.3, 0.4) is 0 Å². The number of nitrogens with zero attached hydrogens (tertiary/aromatic N) is 6. The SMILES string of the molecule is CCC.CCOC(=O)NC1=NCc2cc(-c3ccc(CN4CCN(C(=O)C5CCOC5)CC4)nc3)cc(-c3ncccn3)c2N1. The first-order chi connectivity index (χ1) is 22.0. The highest BCUT2D eigenvalue weighted by Gasteiger charge is 2.30. The van der Waals surface area contributed by atoms with Gasteiger partial charge < -0.3 is 19.7 Å². The van der Waals surface area contributed by atoms with Crippen LogP contribution < -0.4 is 10.6 Å². The first-order valence-electron chi connectivity index (χ1n) is 15.7. The molecule has 12 nitrogen and oxygen atoms in total. The zero-order chi connectivity index (χ0) is 31.6. The van der Waals surface area contributed by atoms with E-state index >= 15 is 0 Å². The Balaban J connectivity index is 0.00000128. The molecule has 12 heteroatoms. The Morgan fingerprint density at radius 1 is 1.04 bits per heavy atom. The number of hydrogen-bond acceptors (Lipinski definition) is 10. The highest BCUT2D eigenvalue weighted by atomic mass is 16.5. The minimum atomic E-state index is -0.568. The maximum atomic E-state index is 12.7. The number of carbonyl (C=O) groups is 2. The van der Waals surface area contributed by atoms with Gasteiger partial charge in [0.15, 0.2) is 5.82 Å². The molecule has 3 aliphatic heterocycles. The van der Waals surface area contributed by atoms with Gasteiger partial charge >= 0.3 is 6.09 Å². The van der Waals surface area contributed by atoms with Crippen molar-refractivity contribution in [3.05, 3.63) is 60.2 Å². The van der Waals surface area contributed by atoms with Gasteiger partial charge in [0.05, 0.1) is 37.1 Å². The first-order valence-corrected chi connectivity index (χ1v) is 15.7. The molecule has 2 fully saturated rings. The van der Waals surface area contributed by atoms with Crippen molar-refractivity contribution in [3.63, 3.8) is 0 Å². The Kier molecular flexibility index (Phi) is 11.0. The van der Waals surface area contributed by atoms with Gasteiger partial charge in [-0.3, -0.25) is 20.0 Å². The average Bonchev–Trinajstić information content (AvgIpc) is 3.61. The smallest absolute Gasteiger partial charge is 0.413 e. The molecule has 3 aromatic rings. The maximum Gasteiger partial charge on any atom is 0.413 e. The van der Waals surface area contributed by atoms with E-state index < -0.39 is 6.09 Å². The number of piperazine rings is 1. The van der Waals surface area contributed by atoms with Crippen molar-refractivity contribution in [2.24, 2.45) is 10.9 Å². The molecule has 5 heterocycles. The molecule has 1 aromatic carbocycles. The van der Waals surface area contributed by atoms with Crippen LogP contribution in [0.1, 0.15) is 44.9 Å². The van der Waals surface area contributed by atoms with Crippen LogP contribution in [-0.2, 0) is 27.4 Å². The Labute approximate surface area is 264 Å². The standard InChI is InChI=1S/C30H34N8O4.C3H8/c1-2-42-30(40)36-29-34-17-23-14-22(15-25(26(23)35-29)27-31-7-3-8-32-27)20-4-5-24(33-16-20)18-37-9-11-38(12-10-37)28(39)21-6-13-41-19-21;1-3-2/h3-5,7-8,14-16,21H,2,6,9-13,17-19H2,1H3,(H2,34,35,36,40);3H2,1-2H3. The highest BCUT2D eigenvalue weighted by Crippen LogP contribution is 2.36. The molecule has 2 amide bonds. The van der Waals surface area contributed by atoms with Crippen molar-refractivity contribution in [1.82, 2.24) is 30.1 Å². The second-order valence-corrected chi connectivity index (χ2v) is 11.2. The molecule has 0 saturated carbocycles. The summed E-state index contributed by atoms with van der Waals surface area (Å²) in [7, 11) is 0. The summed E-state index contributed by atoms with van der Waals surface area (Å²) >= 11 is 0. The Morgan fingerprint density at radius 2 is 1.82 bits per heavy atom. The largest absolute Gasteiger partial charge is 0.450 e. The van der Waals surface area contributed by atoms with Gasteiger partial charge in [-0.15, -0.1) is 0 Å². The lowest BCUT2D eigenvalue weighted by Crippen LogP contribution is -2.50. The summed E-state index contributed by atoms with van der Waals surface area (Å²) in [5.74, 6) is 1.12. The third-order valence-electron chi connectivity index (χ3n) is 7.68. The maximum absolute atomic E-state index is 12.7. The lowest BCUT2D eigenvalue weighted by atomic mass is 9.97. The summed E-state index contributed by atoms with van der Waals surface area (Å²) in [6.45, 7) is 11.7. The molecule has 1 atom stereocenters. The topological polar surface area (TPSA) is 134 Å². The molecule has 3 aliphatic rings. The van der Waals surface area contributed by atoms with Gasteiger partial charge in [0.1, 0.15) is 0 Å². The van der Waals surface area contributed by atoms with Crippen LogP contribution in [0.15, 0.2) is 53.9 Å². The lowest BCUT2D eigenvalue weighted by molar-refractivity contribution is -0.137. The Morgan fingerprint density at radius 3 is 2.49 bits per heavy atom. The molecule has 2 aromatic heterocycles. The third-order valence-corrected chi connectivity index (χ3v) is 7.68. The normalized spacial score (nSPS) is 17.7. The summed E-state index contributed by atoms with van der Waals surface area (Å²) in [6.07, 6.45) is 6.80. The number of pyridine rings is 1. The fourth-order valence-corrected chi connectivity index (χ4v) is 5.44. The Bertz CT molecular complexity index is 1470. The van der Waals surface area contributed by atoms with E-state index in [4.69, 9.17) is 14.5 Å². The van der Waals surface area contributed by atoms with Crippen molar-refractivity contribution in [2.75, 3.05) is 51.3 Å². The number of anilines is 1. The van der Waals surface area contributed by atoms with Gasteiger partial charge in [-0.05, 0) is 48.7 Å². The Hall–Kier alpha value is -4.42. The van der Waals surface area contributed by atoms with Crippen LogP contribution in [0.25, 0.3) is 22.5 Å². The van der Waals surface area contributed by atoms with Crippen LogP contribution in [0.4, 0.5) is 10.5 Å². The van der Waals surface area contributed by atoms with Gasteiger partial charge in [-0.2, -0.15) is 0 Å². The minimum Gasteiger partial charge on any atom is -0.450 e. The molecule has 0 bridgehead atoms. The van der Waals surface area contributed by atoms with Crippen LogP contribution >= 0.6 is 0 Å². The number of ether oxygens (including phenoxy) is 2. The van der Waals surface area contributed by atoms with Crippen LogP contribution in [0.5, 0.6) is 0 Å². The van der Waals surface area contributed by atoms with Crippen LogP contribution in [-0.4, -0.2) is 88.7 Å². The number of guanidine groups is 1. The van der Waals surface area contributed by atoms with Gasteiger partial charge in [-0.25, -0.2) is 19.8 Å². The van der Waals surface area contributed by atoms with E-state index in [9.17, 15) is 9.59 Å². The number of hydrogen-bond donors (Lipinski definition) is 2. The number of benzene rings is 1. The highest BCUT2D eigenvalue weighted by molar-refractivity contribution is 6.06. The summed E-state index contributed by atoms with van der Waals surface area (Å²) < 4.78 is 10.4. The predicted octanol–water partition coefficient (Wildman–Crippen LogP) is 4.33. The molecule has 1 unspecified atom stereocenters. The second-order valence-electron chi connectivity index (χ2n) is 11.2. The zero-order valence-electron chi connectivity index (χ0n) is 26.3. The number of fused-ring (bicyclic) bond motifs is 1. The van der Waals surface area contributed by atoms with E-state index in [0.717, 1.165) is 72.8 Å². The average molecular weight is 615 g/mol. The minimum absolute atomic E-state index is 0.0224. The molecule has 45 heavy (non-hydrogen) atoms. The van der Waals surface area contributed by atoms with Crippen LogP contribution in [0, 0.1) is 5.92 Å². The van der Waals surface area contributed by atoms with Crippen molar-refractivity contribution >= 4 is 23.6 Å². The van der Waals surface area contributed by atoms with E-state index in [1.54, 1.807) is 25.4 Å². The van der Waals surface area contributed by atoms with Gasteiger partial charge in [0.25, 0.3) is 0 Å². The lowest BCUT2D eigenvalue weighted by Gasteiger charge is -2.35. The molecule has 0 radical (unpaired) electrons. The molecule has 2 N–H and O–H groups in total. The second kappa shape index (κ2) is 15.5. The fourth-order valence-electron chi connectivity index (χ4n) is 5.44. The van der Waals surface area contributed by atoms with Gasteiger partial charge in [0.2, 0.25) is 11.9 Å². The first kappa shape index (κ1) is 32.0. The van der Waals surface area contributed by atoms with Gasteiger partial charge in [0, 0.05) is 69.0 Å². The fraction of sp³-hybridized carbons (Fsp3) is 0.455. The molecular weight excluding hydrogens is 572 g/mol. The van der Waals surface area contributed by atoms with E-state index in [1.165, 1.54) is 6.42 Å². The van der Waals surface area contributed by atoms with Crippen molar-refractivity contribution in [1.29, 1.82) is 0 Å². The number of nitrogens with one attached hydrogen (secondary N) is 2. The van der Waals surface area contributed by atoms with Gasteiger partial charge in [-0.1, -0.05) is 26.3 Å². The number of aliphatic imine (C=N–C) groups is 1. The van der Waals surface area contributed by atoms with E-state index in [2.05, 4.69) is 62.5 Å². The number of carbonyl (C=O) groups excluding carboxylic acids is 2. The van der Waals surface area contributed by atoms with Crippen molar-refractivity contribution in [2.45, 2.75) is 46.7 Å². The third kappa shape index (κ3) is 8.20.